The smallest absolute Gasteiger partial charge is 0.137 e. The lowest BCUT2D eigenvalue weighted by molar-refractivity contribution is 0.390. The maximum atomic E-state index is 5.27. The van der Waals surface area contributed by atoms with Gasteiger partial charge in [-0.2, -0.15) is 0 Å². The third-order valence-corrected chi connectivity index (χ3v) is 3.54. The van der Waals surface area contributed by atoms with Crippen LogP contribution in [0, 0.1) is 0 Å². The van der Waals surface area contributed by atoms with Crippen molar-refractivity contribution in [2.24, 2.45) is 0 Å². The minimum atomic E-state index is 0.738. The molecule has 0 N–H and O–H groups in total. The van der Waals surface area contributed by atoms with Crippen molar-refractivity contribution in [3.05, 3.63) is 27.5 Å². The summed E-state index contributed by atoms with van der Waals surface area (Å²) in [6.45, 7) is 0. The van der Waals surface area contributed by atoms with Crippen molar-refractivity contribution in [1.82, 2.24) is 4.98 Å². The van der Waals surface area contributed by atoms with E-state index in [0.717, 1.165) is 27.2 Å². The third-order valence-electron chi connectivity index (χ3n) is 2.17. The molecule has 0 saturated carbocycles. The number of hydrogen-bond donors (Lipinski definition) is 0. The van der Waals surface area contributed by atoms with Crippen LogP contribution in [0.3, 0.4) is 0 Å². The van der Waals surface area contributed by atoms with Gasteiger partial charge in [-0.25, -0.2) is 4.98 Å². The Kier molecular flexibility index (Phi) is 3.46. The van der Waals surface area contributed by atoms with Crippen molar-refractivity contribution in [1.29, 1.82) is 0 Å². The first kappa shape index (κ1) is 11.4. The van der Waals surface area contributed by atoms with Gasteiger partial charge in [0.05, 0.1) is 25.4 Å². The van der Waals surface area contributed by atoms with Crippen LogP contribution in [0.4, 0.5) is 0 Å². The molecule has 0 fully saturated rings. The van der Waals surface area contributed by atoms with Gasteiger partial charge in [-0.05, 0) is 28.1 Å². The molecule has 0 aliphatic rings. The van der Waals surface area contributed by atoms with Gasteiger partial charge in [0.1, 0.15) is 16.0 Å². The lowest BCUT2D eigenvalue weighted by atomic mass is 10.1. The van der Waals surface area contributed by atoms with Crippen molar-refractivity contribution in [3.63, 3.8) is 0 Å². The molecule has 3 nitrogen and oxygen atoms in total. The maximum absolute atomic E-state index is 5.27. The molecule has 0 atom stereocenters. The summed E-state index contributed by atoms with van der Waals surface area (Å²) < 4.78 is 11.4. The number of benzene rings is 1. The average Bonchev–Trinajstić information content (AvgIpc) is 2.83. The number of halogens is 1. The summed E-state index contributed by atoms with van der Waals surface area (Å²) in [4.78, 5) is 4.26. The predicted octanol–water partition coefficient (Wildman–Crippen LogP) is 3.59. The van der Waals surface area contributed by atoms with Crippen molar-refractivity contribution in [3.8, 4) is 22.8 Å². The fraction of sp³-hybridized carbons (Fsp3) is 0.182. The summed E-state index contributed by atoms with van der Waals surface area (Å²) in [5, 5.41) is 1.99. The van der Waals surface area contributed by atoms with Crippen LogP contribution in [-0.2, 0) is 0 Å². The van der Waals surface area contributed by atoms with Crippen LogP contribution in [0.2, 0.25) is 0 Å². The normalized spacial score (nSPS) is 10.2. The third kappa shape index (κ3) is 2.05. The van der Waals surface area contributed by atoms with Crippen molar-refractivity contribution < 1.29 is 9.47 Å². The van der Waals surface area contributed by atoms with Crippen molar-refractivity contribution >= 4 is 27.3 Å². The molecule has 0 aliphatic carbocycles. The van der Waals surface area contributed by atoms with E-state index in [1.807, 2.05) is 17.5 Å². The van der Waals surface area contributed by atoms with Gasteiger partial charge in [0.15, 0.2) is 0 Å². The Labute approximate surface area is 106 Å². The molecule has 0 amide bonds. The van der Waals surface area contributed by atoms with E-state index in [1.165, 1.54) is 0 Å². The quantitative estimate of drug-likeness (QED) is 0.868. The van der Waals surface area contributed by atoms with Crippen LogP contribution in [0.5, 0.6) is 11.5 Å². The van der Waals surface area contributed by atoms with E-state index in [-0.39, 0.29) is 0 Å². The van der Waals surface area contributed by atoms with Crippen LogP contribution in [0.15, 0.2) is 27.5 Å². The van der Waals surface area contributed by atoms with Crippen LogP contribution < -0.4 is 9.47 Å². The Hall–Kier alpha value is -1.07. The molecule has 1 aromatic carbocycles. The van der Waals surface area contributed by atoms with Gasteiger partial charge in [0.2, 0.25) is 0 Å². The topological polar surface area (TPSA) is 31.4 Å². The monoisotopic (exact) mass is 299 g/mol. The van der Waals surface area contributed by atoms with E-state index in [4.69, 9.17) is 9.47 Å². The summed E-state index contributed by atoms with van der Waals surface area (Å²) in [6.07, 6.45) is 0. The Balaban J connectivity index is 2.56. The number of methoxy groups -OCH3 is 2. The molecule has 0 aliphatic heterocycles. The number of ether oxygens (including phenoxy) is 2. The van der Waals surface area contributed by atoms with Gasteiger partial charge in [-0.15, -0.1) is 11.3 Å². The van der Waals surface area contributed by atoms with E-state index in [2.05, 4.69) is 20.9 Å². The Bertz CT molecular complexity index is 460. The predicted molar refractivity (Wildman–Crippen MR) is 68.4 cm³/mol. The fourth-order valence-electron chi connectivity index (χ4n) is 1.37. The summed E-state index contributed by atoms with van der Waals surface area (Å²) in [7, 11) is 3.26. The highest BCUT2D eigenvalue weighted by Crippen LogP contribution is 2.38. The Morgan fingerprint density at radius 2 is 1.81 bits per heavy atom. The van der Waals surface area contributed by atoms with Gasteiger partial charge in [-0.3, -0.25) is 0 Å². The SMILES string of the molecule is COc1cc(-c2cscn2)cc(OC)c1Br. The number of aromatic nitrogens is 1. The van der Waals surface area contributed by atoms with Crippen LogP contribution in [0.25, 0.3) is 11.3 Å². The minimum absolute atomic E-state index is 0.738. The van der Waals surface area contributed by atoms with Crippen molar-refractivity contribution in [2.45, 2.75) is 0 Å². The maximum Gasteiger partial charge on any atom is 0.137 e. The molecular weight excluding hydrogens is 290 g/mol. The van der Waals surface area contributed by atoms with E-state index < -0.39 is 0 Å². The van der Waals surface area contributed by atoms with Gasteiger partial charge in [0.25, 0.3) is 0 Å². The van der Waals surface area contributed by atoms with Gasteiger partial charge >= 0.3 is 0 Å². The molecule has 0 unspecified atom stereocenters. The molecule has 84 valence electrons. The molecule has 5 heteroatoms. The van der Waals surface area contributed by atoms with Gasteiger partial charge in [0, 0.05) is 10.9 Å². The molecule has 0 bridgehead atoms. The fourth-order valence-corrected chi connectivity index (χ4v) is 2.49. The van der Waals surface area contributed by atoms with Gasteiger partial charge in [-0.1, -0.05) is 0 Å². The van der Waals surface area contributed by atoms with E-state index in [0.29, 0.717) is 0 Å². The minimum Gasteiger partial charge on any atom is -0.495 e. The molecule has 0 saturated heterocycles. The number of thiazole rings is 1. The molecule has 1 heterocycles. The zero-order chi connectivity index (χ0) is 11.5. The summed E-state index contributed by atoms with van der Waals surface area (Å²) in [5.41, 5.74) is 3.71. The second-order valence-corrected chi connectivity index (χ2v) is 4.58. The second kappa shape index (κ2) is 4.84. The highest BCUT2D eigenvalue weighted by molar-refractivity contribution is 9.10. The molecule has 1 aromatic heterocycles. The lowest BCUT2D eigenvalue weighted by Crippen LogP contribution is -1.91. The molecule has 2 rings (SSSR count). The summed E-state index contributed by atoms with van der Waals surface area (Å²) >= 11 is 4.99. The van der Waals surface area contributed by atoms with Crippen molar-refractivity contribution in [2.75, 3.05) is 14.2 Å². The molecule has 2 aromatic rings. The zero-order valence-electron chi connectivity index (χ0n) is 8.86. The Morgan fingerprint density at radius 3 is 2.25 bits per heavy atom. The molecule has 0 radical (unpaired) electrons. The highest BCUT2D eigenvalue weighted by Gasteiger charge is 2.11. The van der Waals surface area contributed by atoms with E-state index in [1.54, 1.807) is 31.1 Å². The highest BCUT2D eigenvalue weighted by atomic mass is 79.9. The van der Waals surface area contributed by atoms with Gasteiger partial charge < -0.3 is 9.47 Å². The largest absolute Gasteiger partial charge is 0.495 e. The number of rotatable bonds is 3. The number of hydrogen-bond acceptors (Lipinski definition) is 4. The lowest BCUT2D eigenvalue weighted by Gasteiger charge is -2.10. The summed E-state index contributed by atoms with van der Waals surface area (Å²) in [6, 6.07) is 3.86. The first-order valence-corrected chi connectivity index (χ1v) is 6.30. The van der Waals surface area contributed by atoms with Crippen LogP contribution >= 0.6 is 27.3 Å². The van der Waals surface area contributed by atoms with E-state index >= 15 is 0 Å². The van der Waals surface area contributed by atoms with Crippen LogP contribution in [0.1, 0.15) is 0 Å². The average molecular weight is 300 g/mol. The second-order valence-electron chi connectivity index (χ2n) is 3.07. The zero-order valence-corrected chi connectivity index (χ0v) is 11.3. The van der Waals surface area contributed by atoms with Crippen LogP contribution in [-0.4, -0.2) is 19.2 Å². The molecule has 0 spiro atoms. The molecular formula is C11H10BrNO2S. The standard InChI is InChI=1S/C11H10BrNO2S/c1-14-9-3-7(8-5-16-6-13-8)4-10(15-2)11(9)12/h3-6H,1-2H3. The Morgan fingerprint density at radius 1 is 1.19 bits per heavy atom. The first-order chi connectivity index (χ1) is 7.76. The molecule has 16 heavy (non-hydrogen) atoms. The number of nitrogens with zero attached hydrogens (tertiary/aromatic N) is 1. The summed E-state index contributed by atoms with van der Waals surface area (Å²) in [5.74, 6) is 1.48. The van der Waals surface area contributed by atoms with E-state index in [9.17, 15) is 0 Å². The first-order valence-electron chi connectivity index (χ1n) is 4.56.